The lowest BCUT2D eigenvalue weighted by Crippen LogP contribution is -2.44. The van der Waals surface area contributed by atoms with Crippen molar-refractivity contribution in [3.63, 3.8) is 0 Å². The summed E-state index contributed by atoms with van der Waals surface area (Å²) in [5.74, 6) is 1.83. The van der Waals surface area contributed by atoms with Crippen molar-refractivity contribution in [3.8, 4) is 0 Å². The van der Waals surface area contributed by atoms with Crippen LogP contribution in [-0.4, -0.2) is 42.5 Å². The van der Waals surface area contributed by atoms with Crippen LogP contribution in [0, 0.1) is 13.8 Å². The number of aryl methyl sites for hydroxylation is 2. The summed E-state index contributed by atoms with van der Waals surface area (Å²) in [6.07, 6.45) is 5.60. The molecule has 150 valence electrons. The van der Waals surface area contributed by atoms with Crippen molar-refractivity contribution in [3.05, 3.63) is 39.7 Å². The van der Waals surface area contributed by atoms with E-state index >= 15 is 0 Å². The fraction of sp³-hybridized carbons (Fsp3) is 0.579. The number of halogens is 1. The van der Waals surface area contributed by atoms with Gasteiger partial charge in [0.1, 0.15) is 5.76 Å². The lowest BCUT2D eigenvalue weighted by molar-refractivity contribution is 0.146. The van der Waals surface area contributed by atoms with Gasteiger partial charge in [0.15, 0.2) is 5.96 Å². The van der Waals surface area contributed by atoms with Gasteiger partial charge in [0, 0.05) is 18.5 Å². The first-order valence-corrected chi connectivity index (χ1v) is 10.1. The van der Waals surface area contributed by atoms with Crippen molar-refractivity contribution >= 4 is 41.3 Å². The molecule has 2 aromatic rings. The van der Waals surface area contributed by atoms with Gasteiger partial charge in [-0.2, -0.15) is 0 Å². The molecule has 0 spiro atoms. The van der Waals surface area contributed by atoms with E-state index in [1.165, 1.54) is 24.1 Å². The summed E-state index contributed by atoms with van der Waals surface area (Å²) < 4.78 is 5.71. The van der Waals surface area contributed by atoms with Crippen LogP contribution in [0.25, 0.3) is 0 Å². The minimum absolute atomic E-state index is 0. The lowest BCUT2D eigenvalue weighted by atomic mass is 10.1. The van der Waals surface area contributed by atoms with E-state index in [1.807, 2.05) is 20.0 Å². The molecule has 8 heteroatoms. The first kappa shape index (κ1) is 22.2. The fourth-order valence-electron chi connectivity index (χ4n) is 3.44. The predicted octanol–water partition coefficient (Wildman–Crippen LogP) is 3.86. The molecule has 0 saturated carbocycles. The third-order valence-electron chi connectivity index (χ3n) is 4.81. The highest BCUT2D eigenvalue weighted by atomic mass is 127. The van der Waals surface area contributed by atoms with Gasteiger partial charge in [0.05, 0.1) is 29.6 Å². The molecule has 1 atom stereocenters. The third-order valence-corrected chi connectivity index (χ3v) is 5.88. The second-order valence-electron chi connectivity index (χ2n) is 6.68. The summed E-state index contributed by atoms with van der Waals surface area (Å²) in [5, 5.41) is 7.98. The molecule has 1 unspecified atom stereocenters. The van der Waals surface area contributed by atoms with E-state index in [0.29, 0.717) is 0 Å². The normalized spacial score (nSPS) is 16.6. The van der Waals surface area contributed by atoms with Gasteiger partial charge in [-0.3, -0.25) is 9.89 Å². The molecule has 6 nitrogen and oxygen atoms in total. The van der Waals surface area contributed by atoms with Crippen LogP contribution < -0.4 is 10.6 Å². The molecule has 1 saturated heterocycles. The second kappa shape index (κ2) is 11.0. The Labute approximate surface area is 182 Å². The molecule has 0 radical (unpaired) electrons. The second-order valence-corrected chi connectivity index (χ2v) is 7.96. The van der Waals surface area contributed by atoms with Crippen LogP contribution in [0.3, 0.4) is 0 Å². The lowest BCUT2D eigenvalue weighted by Gasteiger charge is -2.33. The van der Waals surface area contributed by atoms with Gasteiger partial charge in [-0.1, -0.05) is 6.42 Å². The summed E-state index contributed by atoms with van der Waals surface area (Å²) in [5.41, 5.74) is 1.09. The molecule has 27 heavy (non-hydrogen) atoms. The number of aromatic nitrogens is 1. The zero-order valence-corrected chi connectivity index (χ0v) is 19.5. The SMILES string of the molecule is CN=C(NCc1sc(C)nc1C)NCC(c1ccco1)N1CCCCC1.I. The zero-order chi connectivity index (χ0) is 18.4. The van der Waals surface area contributed by atoms with E-state index in [9.17, 15) is 0 Å². The van der Waals surface area contributed by atoms with Crippen LogP contribution in [0.2, 0.25) is 0 Å². The van der Waals surface area contributed by atoms with Gasteiger partial charge < -0.3 is 15.1 Å². The van der Waals surface area contributed by atoms with Gasteiger partial charge in [0.2, 0.25) is 0 Å². The molecule has 2 N–H and O–H groups in total. The van der Waals surface area contributed by atoms with Gasteiger partial charge in [0.25, 0.3) is 0 Å². The number of thiazole rings is 1. The van der Waals surface area contributed by atoms with E-state index < -0.39 is 0 Å². The van der Waals surface area contributed by atoms with Crippen LogP contribution in [0.5, 0.6) is 0 Å². The Morgan fingerprint density at radius 2 is 2.07 bits per heavy atom. The predicted molar refractivity (Wildman–Crippen MR) is 122 cm³/mol. The maximum atomic E-state index is 5.71. The largest absolute Gasteiger partial charge is 0.468 e. The number of hydrogen-bond acceptors (Lipinski definition) is 5. The number of nitrogens with zero attached hydrogens (tertiary/aromatic N) is 3. The molecule has 0 aliphatic carbocycles. The maximum absolute atomic E-state index is 5.71. The van der Waals surface area contributed by atoms with Gasteiger partial charge in [-0.25, -0.2) is 4.98 Å². The number of hydrogen-bond donors (Lipinski definition) is 2. The first-order valence-electron chi connectivity index (χ1n) is 9.32. The number of likely N-dealkylation sites (tertiary alicyclic amines) is 1. The van der Waals surface area contributed by atoms with Crippen molar-refractivity contribution < 1.29 is 4.42 Å². The van der Waals surface area contributed by atoms with Crippen molar-refractivity contribution in [1.29, 1.82) is 0 Å². The van der Waals surface area contributed by atoms with Crippen LogP contribution in [0.4, 0.5) is 0 Å². The molecule has 0 amide bonds. The minimum Gasteiger partial charge on any atom is -0.468 e. The number of guanidine groups is 1. The van der Waals surface area contributed by atoms with E-state index in [2.05, 4.69) is 38.5 Å². The highest BCUT2D eigenvalue weighted by Crippen LogP contribution is 2.24. The van der Waals surface area contributed by atoms with Crippen LogP contribution >= 0.6 is 35.3 Å². The minimum atomic E-state index is 0. The van der Waals surface area contributed by atoms with Crippen molar-refractivity contribution in [2.45, 2.75) is 45.7 Å². The van der Waals surface area contributed by atoms with E-state index in [4.69, 9.17) is 4.42 Å². The summed E-state index contributed by atoms with van der Waals surface area (Å²) in [7, 11) is 1.81. The highest BCUT2D eigenvalue weighted by Gasteiger charge is 2.24. The fourth-order valence-corrected chi connectivity index (χ4v) is 4.31. The molecule has 3 rings (SSSR count). The summed E-state index contributed by atoms with van der Waals surface area (Å²) in [6.45, 7) is 7.86. The molecule has 1 fully saturated rings. The third kappa shape index (κ3) is 6.18. The van der Waals surface area contributed by atoms with Crippen molar-refractivity contribution in [1.82, 2.24) is 20.5 Å². The van der Waals surface area contributed by atoms with E-state index in [-0.39, 0.29) is 30.0 Å². The number of piperidine rings is 1. The number of rotatable bonds is 6. The van der Waals surface area contributed by atoms with Gasteiger partial charge in [-0.15, -0.1) is 35.3 Å². The Hall–Kier alpha value is -1.13. The van der Waals surface area contributed by atoms with Crippen LogP contribution in [-0.2, 0) is 6.54 Å². The number of nitrogens with one attached hydrogen (secondary N) is 2. The number of aliphatic imine (C=N–C) groups is 1. The van der Waals surface area contributed by atoms with Gasteiger partial charge in [-0.05, 0) is 51.9 Å². The first-order chi connectivity index (χ1) is 12.7. The molecule has 0 bridgehead atoms. The summed E-state index contributed by atoms with van der Waals surface area (Å²) in [6, 6.07) is 4.27. The highest BCUT2D eigenvalue weighted by molar-refractivity contribution is 14.0. The van der Waals surface area contributed by atoms with Crippen LogP contribution in [0.1, 0.15) is 46.6 Å². The summed E-state index contributed by atoms with van der Waals surface area (Å²) >= 11 is 1.73. The van der Waals surface area contributed by atoms with Crippen molar-refractivity contribution in [2.75, 3.05) is 26.7 Å². The molecule has 0 aromatic carbocycles. The Morgan fingerprint density at radius 1 is 1.30 bits per heavy atom. The summed E-state index contributed by atoms with van der Waals surface area (Å²) in [4.78, 5) is 12.6. The molecule has 1 aliphatic heterocycles. The Morgan fingerprint density at radius 3 is 2.67 bits per heavy atom. The Kier molecular flexibility index (Phi) is 9.04. The molecular weight excluding hydrogens is 473 g/mol. The van der Waals surface area contributed by atoms with E-state index in [0.717, 1.165) is 48.6 Å². The van der Waals surface area contributed by atoms with Crippen LogP contribution in [0.15, 0.2) is 27.8 Å². The number of furan rings is 1. The van der Waals surface area contributed by atoms with E-state index in [1.54, 1.807) is 17.6 Å². The standard InChI is InChI=1S/C19H29N5OS.HI/c1-14-18(26-15(2)23-14)13-22-19(20-3)21-12-16(17-8-7-11-25-17)24-9-5-4-6-10-24;/h7-8,11,16H,4-6,9-10,12-13H2,1-3H3,(H2,20,21,22);1H. The van der Waals surface area contributed by atoms with Crippen molar-refractivity contribution in [2.24, 2.45) is 4.99 Å². The van der Waals surface area contributed by atoms with Gasteiger partial charge >= 0.3 is 0 Å². The molecular formula is C19H30IN5OS. The molecule has 3 heterocycles. The average molecular weight is 503 g/mol. The molecule has 2 aromatic heterocycles. The quantitative estimate of drug-likeness (QED) is 0.356. The monoisotopic (exact) mass is 503 g/mol. The molecule has 1 aliphatic rings. The maximum Gasteiger partial charge on any atom is 0.191 e. The zero-order valence-electron chi connectivity index (χ0n) is 16.3. The topological polar surface area (TPSA) is 65.7 Å². The smallest absolute Gasteiger partial charge is 0.191 e. The Bertz CT molecular complexity index is 710. The Balaban J connectivity index is 0.00000261. The average Bonchev–Trinajstić information content (AvgIpc) is 3.28.